The summed E-state index contributed by atoms with van der Waals surface area (Å²) in [6.45, 7) is 5.69. The van der Waals surface area contributed by atoms with Crippen molar-refractivity contribution in [1.82, 2.24) is 15.6 Å². The van der Waals surface area contributed by atoms with Gasteiger partial charge in [0.15, 0.2) is 5.96 Å². The van der Waals surface area contributed by atoms with E-state index in [1.165, 1.54) is 41.1 Å². The maximum atomic E-state index is 6.22. The molecule has 27 heavy (non-hydrogen) atoms. The third kappa shape index (κ3) is 5.70. The van der Waals surface area contributed by atoms with Crippen LogP contribution in [0.5, 0.6) is 5.75 Å². The van der Waals surface area contributed by atoms with Crippen LogP contribution in [-0.4, -0.2) is 30.6 Å². The van der Waals surface area contributed by atoms with Crippen LogP contribution in [0.3, 0.4) is 0 Å². The van der Waals surface area contributed by atoms with Gasteiger partial charge in [-0.1, -0.05) is 18.2 Å². The number of benzene rings is 1. The Morgan fingerprint density at radius 1 is 1.22 bits per heavy atom. The number of nitrogens with one attached hydrogen (secondary N) is 2. The highest BCUT2D eigenvalue weighted by atomic mass is 32.1. The first kappa shape index (κ1) is 19.7. The Balaban J connectivity index is 1.49. The molecule has 1 fully saturated rings. The molecule has 0 saturated heterocycles. The van der Waals surface area contributed by atoms with Gasteiger partial charge in [0.05, 0.1) is 16.8 Å². The Kier molecular flexibility index (Phi) is 7.10. The van der Waals surface area contributed by atoms with Crippen LogP contribution in [0.1, 0.15) is 46.8 Å². The van der Waals surface area contributed by atoms with Gasteiger partial charge in [-0.3, -0.25) is 4.99 Å². The Hall–Kier alpha value is -2.08. The van der Waals surface area contributed by atoms with E-state index in [1.54, 1.807) is 18.4 Å². The molecule has 0 aliphatic heterocycles. The van der Waals surface area contributed by atoms with Crippen LogP contribution in [0, 0.1) is 13.8 Å². The Morgan fingerprint density at radius 2 is 2.00 bits per heavy atom. The number of ether oxygens (including phenoxy) is 1. The number of nitrogens with zero attached hydrogens (tertiary/aromatic N) is 2. The maximum Gasteiger partial charge on any atom is 0.191 e. The molecule has 3 rings (SSSR count). The van der Waals surface area contributed by atoms with Crippen LogP contribution < -0.4 is 15.4 Å². The van der Waals surface area contributed by atoms with Gasteiger partial charge >= 0.3 is 0 Å². The first-order chi connectivity index (χ1) is 13.2. The molecule has 1 saturated carbocycles. The van der Waals surface area contributed by atoms with E-state index < -0.39 is 0 Å². The fraction of sp³-hybridized carbons (Fsp3) is 0.524. The van der Waals surface area contributed by atoms with Crippen LogP contribution in [0.2, 0.25) is 0 Å². The zero-order valence-electron chi connectivity index (χ0n) is 16.5. The Bertz CT molecular complexity index is 746. The van der Waals surface area contributed by atoms with Gasteiger partial charge in [-0.25, -0.2) is 4.98 Å². The standard InChI is InChI=1S/C21H30N4OS/c1-15-16(2)27-20(25-15)12-13-23-21(22-3)24-14-17-8-4-7-11-19(17)26-18-9-5-6-10-18/h4,7-8,11,18H,5-6,9-10,12-14H2,1-3H3,(H2,22,23,24). The lowest BCUT2D eigenvalue weighted by Crippen LogP contribution is -2.38. The molecule has 0 radical (unpaired) electrons. The summed E-state index contributed by atoms with van der Waals surface area (Å²) in [4.78, 5) is 10.2. The van der Waals surface area contributed by atoms with Crippen LogP contribution in [-0.2, 0) is 13.0 Å². The second kappa shape index (κ2) is 9.74. The van der Waals surface area contributed by atoms with E-state index in [0.717, 1.165) is 30.4 Å². The maximum absolute atomic E-state index is 6.22. The fourth-order valence-electron chi connectivity index (χ4n) is 3.28. The monoisotopic (exact) mass is 386 g/mol. The molecule has 0 atom stereocenters. The van der Waals surface area contributed by atoms with Crippen molar-refractivity contribution in [1.29, 1.82) is 0 Å². The zero-order chi connectivity index (χ0) is 19.1. The average Bonchev–Trinajstić information content (AvgIpc) is 3.29. The molecular weight excluding hydrogens is 356 g/mol. The van der Waals surface area contributed by atoms with Gasteiger partial charge in [0.2, 0.25) is 0 Å². The second-order valence-electron chi connectivity index (χ2n) is 6.98. The number of para-hydroxylation sites is 1. The molecule has 1 aromatic carbocycles. The first-order valence-corrected chi connectivity index (χ1v) is 10.6. The highest BCUT2D eigenvalue weighted by Crippen LogP contribution is 2.26. The lowest BCUT2D eigenvalue weighted by molar-refractivity contribution is 0.208. The van der Waals surface area contributed by atoms with Crippen molar-refractivity contribution in [2.45, 2.75) is 58.6 Å². The van der Waals surface area contributed by atoms with E-state index in [2.05, 4.69) is 52.7 Å². The third-order valence-corrected chi connectivity index (χ3v) is 6.08. The van der Waals surface area contributed by atoms with Gasteiger partial charge in [0, 0.05) is 37.0 Å². The number of hydrogen-bond donors (Lipinski definition) is 2. The summed E-state index contributed by atoms with van der Waals surface area (Å²) in [7, 11) is 1.80. The summed E-state index contributed by atoms with van der Waals surface area (Å²) in [5, 5.41) is 7.94. The summed E-state index contributed by atoms with van der Waals surface area (Å²) in [6.07, 6.45) is 6.16. The lowest BCUT2D eigenvalue weighted by Gasteiger charge is -2.17. The van der Waals surface area contributed by atoms with Gasteiger partial charge in [-0.15, -0.1) is 11.3 Å². The van der Waals surface area contributed by atoms with Gasteiger partial charge < -0.3 is 15.4 Å². The van der Waals surface area contributed by atoms with Crippen molar-refractivity contribution in [2.24, 2.45) is 4.99 Å². The SMILES string of the molecule is CN=C(NCCc1nc(C)c(C)s1)NCc1ccccc1OC1CCCC1. The van der Waals surface area contributed by atoms with Crippen LogP contribution in [0.15, 0.2) is 29.3 Å². The highest BCUT2D eigenvalue weighted by molar-refractivity contribution is 7.11. The van der Waals surface area contributed by atoms with Crippen molar-refractivity contribution in [2.75, 3.05) is 13.6 Å². The van der Waals surface area contributed by atoms with Gasteiger partial charge in [-0.05, 0) is 45.6 Å². The van der Waals surface area contributed by atoms with E-state index in [1.807, 2.05) is 6.07 Å². The summed E-state index contributed by atoms with van der Waals surface area (Å²) >= 11 is 1.77. The van der Waals surface area contributed by atoms with Crippen molar-refractivity contribution < 1.29 is 4.74 Å². The molecule has 1 aliphatic rings. The number of aryl methyl sites for hydroxylation is 2. The molecule has 1 aromatic heterocycles. The minimum absolute atomic E-state index is 0.369. The van der Waals surface area contributed by atoms with Crippen molar-refractivity contribution >= 4 is 17.3 Å². The molecule has 2 aromatic rings. The first-order valence-electron chi connectivity index (χ1n) is 9.77. The number of guanidine groups is 1. The molecule has 5 nitrogen and oxygen atoms in total. The quantitative estimate of drug-likeness (QED) is 0.558. The van der Waals surface area contributed by atoms with E-state index in [0.29, 0.717) is 12.6 Å². The van der Waals surface area contributed by atoms with Crippen molar-refractivity contribution in [3.05, 3.63) is 45.4 Å². The number of hydrogen-bond acceptors (Lipinski definition) is 4. The minimum Gasteiger partial charge on any atom is -0.490 e. The third-order valence-electron chi connectivity index (χ3n) is 4.94. The summed E-state index contributed by atoms with van der Waals surface area (Å²) in [5.41, 5.74) is 2.30. The minimum atomic E-state index is 0.369. The summed E-state index contributed by atoms with van der Waals surface area (Å²) in [6, 6.07) is 8.28. The summed E-state index contributed by atoms with van der Waals surface area (Å²) < 4.78 is 6.22. The number of rotatable bonds is 7. The molecule has 146 valence electrons. The van der Waals surface area contributed by atoms with Crippen LogP contribution in [0.4, 0.5) is 0 Å². The smallest absolute Gasteiger partial charge is 0.191 e. The molecule has 0 spiro atoms. The van der Waals surface area contributed by atoms with E-state index in [4.69, 9.17) is 4.74 Å². The molecular formula is C21H30N4OS. The second-order valence-corrected chi connectivity index (χ2v) is 8.27. The molecule has 6 heteroatoms. The van der Waals surface area contributed by atoms with Gasteiger partial charge in [0.25, 0.3) is 0 Å². The molecule has 2 N–H and O–H groups in total. The summed E-state index contributed by atoms with van der Waals surface area (Å²) in [5.74, 6) is 1.79. The average molecular weight is 387 g/mol. The van der Waals surface area contributed by atoms with Gasteiger partial charge in [0.1, 0.15) is 5.75 Å². The van der Waals surface area contributed by atoms with Crippen LogP contribution >= 0.6 is 11.3 Å². The molecule has 1 heterocycles. The van der Waals surface area contributed by atoms with Crippen molar-refractivity contribution in [3.63, 3.8) is 0 Å². The van der Waals surface area contributed by atoms with E-state index in [9.17, 15) is 0 Å². The lowest BCUT2D eigenvalue weighted by atomic mass is 10.2. The largest absolute Gasteiger partial charge is 0.490 e. The van der Waals surface area contributed by atoms with Gasteiger partial charge in [-0.2, -0.15) is 0 Å². The number of aliphatic imine (C=N–C) groups is 1. The molecule has 1 aliphatic carbocycles. The van der Waals surface area contributed by atoms with Crippen LogP contribution in [0.25, 0.3) is 0 Å². The highest BCUT2D eigenvalue weighted by Gasteiger charge is 2.17. The Morgan fingerprint density at radius 3 is 2.70 bits per heavy atom. The molecule has 0 amide bonds. The fourth-order valence-corrected chi connectivity index (χ4v) is 4.22. The van der Waals surface area contributed by atoms with E-state index >= 15 is 0 Å². The predicted octanol–water partition coefficient (Wildman–Crippen LogP) is 3.99. The normalized spacial score (nSPS) is 15.1. The van der Waals surface area contributed by atoms with Crippen molar-refractivity contribution in [3.8, 4) is 5.75 Å². The molecule has 0 unspecified atom stereocenters. The molecule has 0 bridgehead atoms. The predicted molar refractivity (Wildman–Crippen MR) is 113 cm³/mol. The van der Waals surface area contributed by atoms with E-state index in [-0.39, 0.29) is 0 Å². The zero-order valence-corrected chi connectivity index (χ0v) is 17.4. The number of aromatic nitrogens is 1. The Labute approximate surface area is 166 Å². The topological polar surface area (TPSA) is 58.5 Å². The number of thiazole rings is 1.